The Hall–Kier alpha value is -2.62. The van der Waals surface area contributed by atoms with Crippen molar-refractivity contribution in [2.24, 2.45) is 5.73 Å². The zero-order valence-corrected chi connectivity index (χ0v) is 16.6. The molecular formula is C24H23ClN2O. The summed E-state index contributed by atoms with van der Waals surface area (Å²) in [7, 11) is 0. The van der Waals surface area contributed by atoms with E-state index in [0.29, 0.717) is 24.5 Å². The Morgan fingerprint density at radius 3 is 2.21 bits per heavy atom. The van der Waals surface area contributed by atoms with Crippen molar-refractivity contribution in [1.82, 2.24) is 4.90 Å². The van der Waals surface area contributed by atoms with Crippen molar-refractivity contribution >= 4 is 17.5 Å². The minimum Gasteiger partial charge on any atom is -0.333 e. The second kappa shape index (κ2) is 7.78. The van der Waals surface area contributed by atoms with Crippen LogP contribution in [0.5, 0.6) is 0 Å². The van der Waals surface area contributed by atoms with E-state index in [9.17, 15) is 4.79 Å². The minimum absolute atomic E-state index is 0.0325. The molecule has 0 bridgehead atoms. The van der Waals surface area contributed by atoms with Gasteiger partial charge in [0.15, 0.2) is 0 Å². The van der Waals surface area contributed by atoms with Gasteiger partial charge in [-0.1, -0.05) is 77.8 Å². The number of carbonyl (C=O) groups is 1. The number of rotatable bonds is 4. The third-order valence-electron chi connectivity index (χ3n) is 5.35. The van der Waals surface area contributed by atoms with Gasteiger partial charge in [0.2, 0.25) is 5.91 Å². The van der Waals surface area contributed by atoms with Gasteiger partial charge in [0, 0.05) is 18.1 Å². The standard InChI is InChI=1S/C24H23ClN2O/c1-16-6-8-17(9-7-16)18-10-11-19(22(25)12-18)13-23(26)24(28)27-14-20-4-2-3-5-21(20)15-27/h2-12,23H,13-15,26H2,1H3. The number of hydrogen-bond acceptors (Lipinski definition) is 2. The van der Waals surface area contributed by atoms with Crippen molar-refractivity contribution in [3.63, 3.8) is 0 Å². The first kappa shape index (κ1) is 18.7. The Bertz CT molecular complexity index is 988. The van der Waals surface area contributed by atoms with E-state index in [4.69, 9.17) is 17.3 Å². The van der Waals surface area contributed by atoms with Crippen LogP contribution >= 0.6 is 11.6 Å². The average Bonchev–Trinajstić information content (AvgIpc) is 3.13. The Morgan fingerprint density at radius 2 is 1.61 bits per heavy atom. The van der Waals surface area contributed by atoms with Crippen LogP contribution in [0.25, 0.3) is 11.1 Å². The van der Waals surface area contributed by atoms with Gasteiger partial charge in [0.1, 0.15) is 0 Å². The summed E-state index contributed by atoms with van der Waals surface area (Å²) in [5, 5.41) is 0.644. The molecule has 2 N–H and O–H groups in total. The molecule has 3 aromatic carbocycles. The van der Waals surface area contributed by atoms with Gasteiger partial charge in [0.05, 0.1) is 6.04 Å². The highest BCUT2D eigenvalue weighted by molar-refractivity contribution is 6.31. The molecule has 3 nitrogen and oxygen atoms in total. The van der Waals surface area contributed by atoms with Crippen LogP contribution in [0.2, 0.25) is 5.02 Å². The van der Waals surface area contributed by atoms with Gasteiger partial charge >= 0.3 is 0 Å². The molecule has 0 spiro atoms. The SMILES string of the molecule is Cc1ccc(-c2ccc(CC(N)C(=O)N3Cc4ccccc4C3)c(Cl)c2)cc1. The molecule has 4 rings (SSSR count). The van der Waals surface area contributed by atoms with Gasteiger partial charge < -0.3 is 10.6 Å². The topological polar surface area (TPSA) is 46.3 Å². The molecule has 0 radical (unpaired) electrons. The lowest BCUT2D eigenvalue weighted by Crippen LogP contribution is -2.42. The molecule has 0 saturated heterocycles. The van der Waals surface area contributed by atoms with Gasteiger partial charge in [-0.15, -0.1) is 0 Å². The van der Waals surface area contributed by atoms with Crippen LogP contribution < -0.4 is 5.73 Å². The second-order valence-corrected chi connectivity index (χ2v) is 7.85. The van der Waals surface area contributed by atoms with Crippen molar-refractivity contribution in [3.05, 3.63) is 94.0 Å². The van der Waals surface area contributed by atoms with Crippen LogP contribution in [0, 0.1) is 6.92 Å². The molecule has 1 atom stereocenters. The number of nitrogens with zero attached hydrogens (tertiary/aromatic N) is 1. The summed E-state index contributed by atoms with van der Waals surface area (Å²) in [6, 6.07) is 21.8. The number of carbonyl (C=O) groups excluding carboxylic acids is 1. The lowest BCUT2D eigenvalue weighted by atomic mass is 9.99. The van der Waals surface area contributed by atoms with Crippen LogP contribution in [0.15, 0.2) is 66.7 Å². The maximum atomic E-state index is 12.8. The fourth-order valence-electron chi connectivity index (χ4n) is 3.69. The van der Waals surface area contributed by atoms with Crippen molar-refractivity contribution in [1.29, 1.82) is 0 Å². The van der Waals surface area contributed by atoms with E-state index in [-0.39, 0.29) is 5.91 Å². The smallest absolute Gasteiger partial charge is 0.240 e. The van der Waals surface area contributed by atoms with E-state index in [1.54, 1.807) is 0 Å². The number of nitrogens with two attached hydrogens (primary N) is 1. The van der Waals surface area contributed by atoms with Crippen LogP contribution in [0.1, 0.15) is 22.3 Å². The molecule has 1 unspecified atom stereocenters. The molecule has 1 heterocycles. The first-order valence-electron chi connectivity index (χ1n) is 9.48. The molecule has 0 saturated carbocycles. The molecule has 3 aromatic rings. The largest absolute Gasteiger partial charge is 0.333 e. The average molecular weight is 391 g/mol. The summed E-state index contributed by atoms with van der Waals surface area (Å²) in [5.74, 6) is -0.0325. The van der Waals surface area contributed by atoms with Gasteiger partial charge in [0.25, 0.3) is 0 Å². The van der Waals surface area contributed by atoms with E-state index in [1.807, 2.05) is 35.2 Å². The third kappa shape index (κ3) is 3.82. The Labute approximate surface area is 170 Å². The number of aryl methyl sites for hydroxylation is 1. The summed E-state index contributed by atoms with van der Waals surface area (Å²) in [6.07, 6.45) is 0.429. The van der Waals surface area contributed by atoms with Gasteiger partial charge in [-0.05, 0) is 47.2 Å². The van der Waals surface area contributed by atoms with E-state index < -0.39 is 6.04 Å². The predicted octanol–water partition coefficient (Wildman–Crippen LogP) is 4.73. The molecule has 0 fully saturated rings. The van der Waals surface area contributed by atoms with E-state index in [2.05, 4.69) is 43.3 Å². The quantitative estimate of drug-likeness (QED) is 0.700. The lowest BCUT2D eigenvalue weighted by Gasteiger charge is -2.21. The summed E-state index contributed by atoms with van der Waals surface area (Å²) in [6.45, 7) is 3.32. The molecule has 4 heteroatoms. The molecule has 0 aromatic heterocycles. The van der Waals surface area contributed by atoms with Crippen LogP contribution in [-0.2, 0) is 24.3 Å². The van der Waals surface area contributed by atoms with Crippen molar-refractivity contribution < 1.29 is 4.79 Å². The second-order valence-electron chi connectivity index (χ2n) is 7.45. The number of hydrogen-bond donors (Lipinski definition) is 1. The minimum atomic E-state index is -0.600. The molecule has 1 aliphatic rings. The van der Waals surface area contributed by atoms with Crippen LogP contribution in [0.4, 0.5) is 0 Å². The molecule has 28 heavy (non-hydrogen) atoms. The zero-order valence-electron chi connectivity index (χ0n) is 15.9. The van der Waals surface area contributed by atoms with Gasteiger partial charge in [-0.25, -0.2) is 0 Å². The summed E-state index contributed by atoms with van der Waals surface area (Å²) in [5.41, 5.74) is 12.9. The van der Waals surface area contributed by atoms with Crippen molar-refractivity contribution in [2.75, 3.05) is 0 Å². The maximum Gasteiger partial charge on any atom is 0.240 e. The molecule has 142 valence electrons. The maximum absolute atomic E-state index is 12.8. The Kier molecular flexibility index (Phi) is 5.21. The molecule has 1 amide bonds. The van der Waals surface area contributed by atoms with E-state index >= 15 is 0 Å². The Morgan fingerprint density at radius 1 is 1.00 bits per heavy atom. The first-order valence-corrected chi connectivity index (χ1v) is 9.85. The van der Waals surface area contributed by atoms with Gasteiger partial charge in [-0.2, -0.15) is 0 Å². The molecular weight excluding hydrogens is 368 g/mol. The number of halogens is 1. The van der Waals surface area contributed by atoms with Crippen LogP contribution in [-0.4, -0.2) is 16.8 Å². The lowest BCUT2D eigenvalue weighted by molar-refractivity contribution is -0.133. The van der Waals surface area contributed by atoms with Gasteiger partial charge in [-0.3, -0.25) is 4.79 Å². The monoisotopic (exact) mass is 390 g/mol. The number of benzene rings is 3. The zero-order chi connectivity index (χ0) is 19.7. The first-order chi connectivity index (χ1) is 13.5. The molecule has 1 aliphatic heterocycles. The van der Waals surface area contributed by atoms with Crippen molar-refractivity contribution in [3.8, 4) is 11.1 Å². The fourth-order valence-corrected chi connectivity index (χ4v) is 3.94. The third-order valence-corrected chi connectivity index (χ3v) is 5.70. The predicted molar refractivity (Wildman–Crippen MR) is 114 cm³/mol. The highest BCUT2D eigenvalue weighted by Gasteiger charge is 2.27. The van der Waals surface area contributed by atoms with E-state index in [1.165, 1.54) is 16.7 Å². The normalized spacial score (nSPS) is 14.0. The fraction of sp³-hybridized carbons (Fsp3) is 0.208. The summed E-state index contributed by atoms with van der Waals surface area (Å²) < 4.78 is 0. The van der Waals surface area contributed by atoms with E-state index in [0.717, 1.165) is 16.7 Å². The Balaban J connectivity index is 1.45. The highest BCUT2D eigenvalue weighted by Crippen LogP contribution is 2.28. The van der Waals surface area contributed by atoms with Crippen LogP contribution in [0.3, 0.4) is 0 Å². The van der Waals surface area contributed by atoms with Crippen molar-refractivity contribution in [2.45, 2.75) is 32.5 Å². The molecule has 0 aliphatic carbocycles. The number of amides is 1. The summed E-state index contributed by atoms with van der Waals surface area (Å²) in [4.78, 5) is 14.6. The summed E-state index contributed by atoms with van der Waals surface area (Å²) >= 11 is 6.51. The number of fused-ring (bicyclic) bond motifs is 1. The highest BCUT2D eigenvalue weighted by atomic mass is 35.5.